The standard InChI is InChI=1S/C12H15NO4/c1-2-11-12(17-8-16-11)5-9(1)15-7-10-6-13-3-4-14-10/h1-2,5,10,13H,3-4,6-8H2. The molecule has 0 aliphatic carbocycles. The van der Waals surface area contributed by atoms with Crippen molar-refractivity contribution in [1.29, 1.82) is 0 Å². The minimum Gasteiger partial charge on any atom is -0.491 e. The topological polar surface area (TPSA) is 49.0 Å². The molecule has 2 aliphatic rings. The first-order valence-corrected chi connectivity index (χ1v) is 5.76. The lowest BCUT2D eigenvalue weighted by Crippen LogP contribution is -2.41. The summed E-state index contributed by atoms with van der Waals surface area (Å²) in [6.07, 6.45) is 0.120. The van der Waals surface area contributed by atoms with Crippen LogP contribution in [0.4, 0.5) is 0 Å². The van der Waals surface area contributed by atoms with Crippen molar-refractivity contribution in [2.24, 2.45) is 0 Å². The molecule has 0 saturated carbocycles. The molecule has 1 fully saturated rings. The molecule has 1 aromatic carbocycles. The van der Waals surface area contributed by atoms with Crippen LogP contribution in [0.15, 0.2) is 18.2 Å². The molecule has 5 nitrogen and oxygen atoms in total. The second-order valence-electron chi connectivity index (χ2n) is 4.02. The molecular formula is C12H15NO4. The first kappa shape index (κ1) is 10.7. The number of fused-ring (bicyclic) bond motifs is 1. The monoisotopic (exact) mass is 237 g/mol. The van der Waals surface area contributed by atoms with E-state index in [0.29, 0.717) is 6.61 Å². The number of morpholine rings is 1. The Bertz CT molecular complexity index is 390. The van der Waals surface area contributed by atoms with Gasteiger partial charge in [-0.1, -0.05) is 0 Å². The fourth-order valence-corrected chi connectivity index (χ4v) is 1.88. The predicted molar refractivity (Wildman–Crippen MR) is 60.7 cm³/mol. The second kappa shape index (κ2) is 4.81. The molecule has 1 unspecified atom stereocenters. The molecule has 0 radical (unpaired) electrons. The fourth-order valence-electron chi connectivity index (χ4n) is 1.88. The molecule has 5 heteroatoms. The summed E-state index contributed by atoms with van der Waals surface area (Å²) in [4.78, 5) is 0. The van der Waals surface area contributed by atoms with E-state index in [1.54, 1.807) is 0 Å². The van der Waals surface area contributed by atoms with Crippen LogP contribution in [0.1, 0.15) is 0 Å². The molecule has 2 heterocycles. The molecule has 0 amide bonds. The van der Waals surface area contributed by atoms with Gasteiger partial charge in [-0.05, 0) is 12.1 Å². The zero-order valence-electron chi connectivity index (χ0n) is 9.48. The Hall–Kier alpha value is -1.46. The van der Waals surface area contributed by atoms with Gasteiger partial charge in [0.2, 0.25) is 6.79 Å². The summed E-state index contributed by atoms with van der Waals surface area (Å²) in [5.41, 5.74) is 0. The van der Waals surface area contributed by atoms with Gasteiger partial charge in [-0.2, -0.15) is 0 Å². The lowest BCUT2D eigenvalue weighted by molar-refractivity contribution is 0.000163. The Balaban J connectivity index is 1.57. The quantitative estimate of drug-likeness (QED) is 0.842. The molecule has 1 atom stereocenters. The van der Waals surface area contributed by atoms with Crippen LogP contribution in [0, 0.1) is 0 Å². The van der Waals surface area contributed by atoms with E-state index in [1.165, 1.54) is 0 Å². The predicted octanol–water partition coefficient (Wildman–Crippen LogP) is 0.782. The summed E-state index contributed by atoms with van der Waals surface area (Å²) in [6.45, 7) is 3.33. The van der Waals surface area contributed by atoms with Crippen molar-refractivity contribution < 1.29 is 18.9 Å². The zero-order valence-corrected chi connectivity index (χ0v) is 9.48. The van der Waals surface area contributed by atoms with Gasteiger partial charge < -0.3 is 24.3 Å². The molecule has 92 valence electrons. The number of rotatable bonds is 3. The van der Waals surface area contributed by atoms with Crippen LogP contribution >= 0.6 is 0 Å². The molecule has 0 spiro atoms. The number of nitrogens with one attached hydrogen (secondary N) is 1. The summed E-state index contributed by atoms with van der Waals surface area (Å²) in [5.74, 6) is 2.29. The summed E-state index contributed by atoms with van der Waals surface area (Å²) in [7, 11) is 0. The van der Waals surface area contributed by atoms with E-state index >= 15 is 0 Å². The van der Waals surface area contributed by atoms with Crippen LogP contribution in [0.5, 0.6) is 17.2 Å². The van der Waals surface area contributed by atoms with Gasteiger partial charge in [0.05, 0.1) is 6.61 Å². The van der Waals surface area contributed by atoms with Gasteiger partial charge in [-0.3, -0.25) is 0 Å². The number of hydrogen-bond acceptors (Lipinski definition) is 5. The smallest absolute Gasteiger partial charge is 0.231 e. The van der Waals surface area contributed by atoms with E-state index in [9.17, 15) is 0 Å². The van der Waals surface area contributed by atoms with Crippen LogP contribution in [-0.2, 0) is 4.74 Å². The number of hydrogen-bond donors (Lipinski definition) is 1. The van der Waals surface area contributed by atoms with Gasteiger partial charge >= 0.3 is 0 Å². The van der Waals surface area contributed by atoms with Crippen LogP contribution in [0.25, 0.3) is 0 Å². The highest BCUT2D eigenvalue weighted by Crippen LogP contribution is 2.35. The minimum absolute atomic E-state index is 0.120. The zero-order chi connectivity index (χ0) is 11.5. The lowest BCUT2D eigenvalue weighted by Gasteiger charge is -2.23. The average Bonchev–Trinajstić information content (AvgIpc) is 2.85. The third kappa shape index (κ3) is 2.45. The first-order chi connectivity index (χ1) is 8.42. The van der Waals surface area contributed by atoms with Gasteiger partial charge in [0.15, 0.2) is 11.5 Å². The van der Waals surface area contributed by atoms with E-state index in [0.717, 1.165) is 36.9 Å². The van der Waals surface area contributed by atoms with E-state index in [2.05, 4.69) is 5.32 Å². The lowest BCUT2D eigenvalue weighted by atomic mass is 10.3. The molecule has 1 aromatic rings. The highest BCUT2D eigenvalue weighted by Gasteiger charge is 2.16. The van der Waals surface area contributed by atoms with Crippen molar-refractivity contribution in [2.45, 2.75) is 6.10 Å². The van der Waals surface area contributed by atoms with Crippen LogP contribution in [-0.4, -0.2) is 39.2 Å². The van der Waals surface area contributed by atoms with Gasteiger partial charge in [0, 0.05) is 19.2 Å². The van der Waals surface area contributed by atoms with E-state index in [-0.39, 0.29) is 12.9 Å². The molecule has 1 saturated heterocycles. The molecule has 3 rings (SSSR count). The summed E-state index contributed by atoms with van der Waals surface area (Å²) < 4.78 is 21.7. The second-order valence-corrected chi connectivity index (χ2v) is 4.02. The molecule has 1 N–H and O–H groups in total. The molecule has 17 heavy (non-hydrogen) atoms. The third-order valence-electron chi connectivity index (χ3n) is 2.78. The van der Waals surface area contributed by atoms with Crippen molar-refractivity contribution in [1.82, 2.24) is 5.32 Å². The van der Waals surface area contributed by atoms with Crippen molar-refractivity contribution >= 4 is 0 Å². The summed E-state index contributed by atoms with van der Waals surface area (Å²) in [6, 6.07) is 5.58. The Morgan fingerprint density at radius 3 is 3.12 bits per heavy atom. The van der Waals surface area contributed by atoms with Gasteiger partial charge in [0.25, 0.3) is 0 Å². The van der Waals surface area contributed by atoms with Crippen molar-refractivity contribution in [2.75, 3.05) is 33.1 Å². The largest absolute Gasteiger partial charge is 0.491 e. The normalized spacial score (nSPS) is 22.5. The SMILES string of the molecule is c1cc2c(cc1OCC1CNCCO1)OCO2. The maximum Gasteiger partial charge on any atom is 0.231 e. The Labute approximate surface area is 99.6 Å². The summed E-state index contributed by atoms with van der Waals surface area (Å²) in [5, 5.41) is 3.26. The van der Waals surface area contributed by atoms with Crippen LogP contribution < -0.4 is 19.5 Å². The van der Waals surface area contributed by atoms with Crippen LogP contribution in [0.2, 0.25) is 0 Å². The Kier molecular flexibility index (Phi) is 3.02. The van der Waals surface area contributed by atoms with Gasteiger partial charge in [-0.25, -0.2) is 0 Å². The van der Waals surface area contributed by atoms with Crippen LogP contribution in [0.3, 0.4) is 0 Å². The number of ether oxygens (including phenoxy) is 4. The molecule has 0 bridgehead atoms. The highest BCUT2D eigenvalue weighted by atomic mass is 16.7. The van der Waals surface area contributed by atoms with Gasteiger partial charge in [-0.15, -0.1) is 0 Å². The van der Waals surface area contributed by atoms with E-state index in [1.807, 2.05) is 18.2 Å². The summed E-state index contributed by atoms with van der Waals surface area (Å²) >= 11 is 0. The highest BCUT2D eigenvalue weighted by molar-refractivity contribution is 5.46. The van der Waals surface area contributed by atoms with Crippen molar-refractivity contribution in [3.63, 3.8) is 0 Å². The van der Waals surface area contributed by atoms with E-state index < -0.39 is 0 Å². The Morgan fingerprint density at radius 2 is 2.24 bits per heavy atom. The van der Waals surface area contributed by atoms with E-state index in [4.69, 9.17) is 18.9 Å². The minimum atomic E-state index is 0.120. The Morgan fingerprint density at radius 1 is 1.29 bits per heavy atom. The first-order valence-electron chi connectivity index (χ1n) is 5.76. The molecular weight excluding hydrogens is 222 g/mol. The number of benzene rings is 1. The molecule has 0 aromatic heterocycles. The fraction of sp³-hybridized carbons (Fsp3) is 0.500. The third-order valence-corrected chi connectivity index (χ3v) is 2.78. The average molecular weight is 237 g/mol. The van der Waals surface area contributed by atoms with Crippen molar-refractivity contribution in [3.8, 4) is 17.2 Å². The van der Waals surface area contributed by atoms with Crippen molar-refractivity contribution in [3.05, 3.63) is 18.2 Å². The molecule has 2 aliphatic heterocycles. The van der Waals surface area contributed by atoms with Gasteiger partial charge in [0.1, 0.15) is 18.5 Å². The maximum atomic E-state index is 5.67. The maximum absolute atomic E-state index is 5.67.